The van der Waals surface area contributed by atoms with Crippen LogP contribution in [0.2, 0.25) is 0 Å². The van der Waals surface area contributed by atoms with Crippen molar-refractivity contribution >= 4 is 5.97 Å². The molecular weight excluding hydrogens is 160 g/mol. The molecule has 12 heavy (non-hydrogen) atoms. The van der Waals surface area contributed by atoms with Crippen LogP contribution in [0, 0.1) is 5.92 Å². The number of hydrogen-bond acceptors (Lipinski definition) is 4. The summed E-state index contributed by atoms with van der Waals surface area (Å²) in [6.07, 6.45) is -1.89. The van der Waals surface area contributed by atoms with Crippen LogP contribution < -0.4 is 0 Å². The van der Waals surface area contributed by atoms with Gasteiger partial charge in [0.2, 0.25) is 0 Å². The van der Waals surface area contributed by atoms with Gasteiger partial charge < -0.3 is 14.9 Å². The summed E-state index contributed by atoms with van der Waals surface area (Å²) in [6.45, 7) is 3.36. The van der Waals surface area contributed by atoms with E-state index >= 15 is 0 Å². The van der Waals surface area contributed by atoms with E-state index in [1.807, 2.05) is 0 Å². The summed E-state index contributed by atoms with van der Waals surface area (Å²) in [7, 11) is 0. The fourth-order valence-corrected chi connectivity index (χ4v) is 1.27. The van der Waals surface area contributed by atoms with E-state index in [1.54, 1.807) is 13.8 Å². The normalized spacial score (nSPS) is 38.0. The Balaban J connectivity index is 2.64. The van der Waals surface area contributed by atoms with Gasteiger partial charge in [0.05, 0.1) is 12.0 Å². The zero-order valence-corrected chi connectivity index (χ0v) is 7.23. The van der Waals surface area contributed by atoms with Crippen LogP contribution in [-0.2, 0) is 9.53 Å². The van der Waals surface area contributed by atoms with Crippen LogP contribution in [0.3, 0.4) is 0 Å². The van der Waals surface area contributed by atoms with Gasteiger partial charge in [-0.25, -0.2) is 0 Å². The van der Waals surface area contributed by atoms with Gasteiger partial charge >= 0.3 is 5.97 Å². The second-order valence-corrected chi connectivity index (χ2v) is 3.16. The number of hydrogen-bond donors (Lipinski definition) is 2. The summed E-state index contributed by atoms with van der Waals surface area (Å²) in [5.74, 6) is -0.948. The highest BCUT2D eigenvalue weighted by atomic mass is 16.6. The van der Waals surface area contributed by atoms with Crippen molar-refractivity contribution in [1.29, 1.82) is 0 Å². The van der Waals surface area contributed by atoms with Gasteiger partial charge in [0.25, 0.3) is 0 Å². The van der Waals surface area contributed by atoms with Gasteiger partial charge in [0.1, 0.15) is 6.10 Å². The minimum Gasteiger partial charge on any atom is -0.457 e. The molecule has 0 spiro atoms. The van der Waals surface area contributed by atoms with E-state index in [0.29, 0.717) is 6.42 Å². The van der Waals surface area contributed by atoms with Gasteiger partial charge in [-0.05, 0) is 13.3 Å². The van der Waals surface area contributed by atoms with Gasteiger partial charge in [-0.1, -0.05) is 6.92 Å². The van der Waals surface area contributed by atoms with E-state index in [2.05, 4.69) is 0 Å². The van der Waals surface area contributed by atoms with Crippen molar-refractivity contribution in [3.8, 4) is 0 Å². The molecule has 0 aliphatic carbocycles. The summed E-state index contributed by atoms with van der Waals surface area (Å²) >= 11 is 0. The first-order chi connectivity index (χ1) is 5.57. The number of cyclic esters (lactones) is 1. The average Bonchev–Trinajstić information content (AvgIpc) is 2.32. The average molecular weight is 174 g/mol. The Morgan fingerprint density at radius 3 is 2.58 bits per heavy atom. The quantitative estimate of drug-likeness (QED) is 0.563. The second kappa shape index (κ2) is 3.41. The summed E-state index contributed by atoms with van der Waals surface area (Å²) in [5.41, 5.74) is 0. The minimum absolute atomic E-state index is 0.431. The number of ether oxygens (including phenoxy) is 1. The second-order valence-electron chi connectivity index (χ2n) is 3.16. The zero-order valence-electron chi connectivity index (χ0n) is 7.23. The van der Waals surface area contributed by atoms with Crippen LogP contribution in [0.4, 0.5) is 0 Å². The number of carbonyl (C=O) groups is 1. The van der Waals surface area contributed by atoms with E-state index in [4.69, 9.17) is 4.74 Å². The number of aliphatic hydroxyl groups is 2. The molecular formula is C8H14O4. The molecule has 0 aromatic carbocycles. The van der Waals surface area contributed by atoms with Crippen LogP contribution in [0.5, 0.6) is 0 Å². The number of esters is 1. The standard InChI is InChI=1S/C8H14O4/c1-3-5(9)7-6(10)4(2)8(11)12-7/h4-7,9-10H,3H2,1-2H3. The highest BCUT2D eigenvalue weighted by molar-refractivity contribution is 5.75. The van der Waals surface area contributed by atoms with Crippen molar-refractivity contribution in [3.05, 3.63) is 0 Å². The Morgan fingerprint density at radius 2 is 2.25 bits per heavy atom. The van der Waals surface area contributed by atoms with Gasteiger partial charge in [0.15, 0.2) is 6.10 Å². The molecule has 1 aliphatic rings. The number of aliphatic hydroxyl groups excluding tert-OH is 2. The number of rotatable bonds is 2. The molecule has 1 fully saturated rings. The van der Waals surface area contributed by atoms with Crippen molar-refractivity contribution in [2.75, 3.05) is 0 Å². The highest BCUT2D eigenvalue weighted by Gasteiger charge is 2.43. The first-order valence-corrected chi connectivity index (χ1v) is 4.14. The molecule has 0 bridgehead atoms. The molecule has 1 aliphatic heterocycles. The molecule has 1 heterocycles. The molecule has 4 nitrogen and oxygen atoms in total. The van der Waals surface area contributed by atoms with E-state index < -0.39 is 30.2 Å². The van der Waals surface area contributed by atoms with Crippen LogP contribution >= 0.6 is 0 Å². The summed E-state index contributed by atoms with van der Waals surface area (Å²) in [6, 6.07) is 0. The van der Waals surface area contributed by atoms with Gasteiger partial charge in [0, 0.05) is 0 Å². The molecule has 0 aromatic rings. The lowest BCUT2D eigenvalue weighted by atomic mass is 9.99. The van der Waals surface area contributed by atoms with Gasteiger partial charge in [-0.3, -0.25) is 4.79 Å². The van der Waals surface area contributed by atoms with Crippen molar-refractivity contribution in [3.63, 3.8) is 0 Å². The maximum absolute atomic E-state index is 10.9. The maximum atomic E-state index is 10.9. The van der Waals surface area contributed by atoms with E-state index in [9.17, 15) is 15.0 Å². The minimum atomic E-state index is -0.868. The molecule has 2 N–H and O–H groups in total. The SMILES string of the molecule is CCC(O)C1OC(=O)C(C)C1O. The molecule has 1 saturated heterocycles. The third-order valence-electron chi connectivity index (χ3n) is 2.27. The Kier molecular flexibility index (Phi) is 2.69. The third-order valence-corrected chi connectivity index (χ3v) is 2.27. The fourth-order valence-electron chi connectivity index (χ4n) is 1.27. The van der Waals surface area contributed by atoms with E-state index in [1.165, 1.54) is 0 Å². The first kappa shape index (κ1) is 9.48. The molecule has 1 rings (SSSR count). The molecule has 0 radical (unpaired) electrons. The van der Waals surface area contributed by atoms with Crippen LogP contribution in [0.1, 0.15) is 20.3 Å². The zero-order chi connectivity index (χ0) is 9.30. The van der Waals surface area contributed by atoms with Crippen LogP contribution in [0.25, 0.3) is 0 Å². The van der Waals surface area contributed by atoms with Crippen molar-refractivity contribution in [2.24, 2.45) is 5.92 Å². The summed E-state index contributed by atoms with van der Waals surface area (Å²) in [5, 5.41) is 18.8. The van der Waals surface area contributed by atoms with Crippen LogP contribution in [0.15, 0.2) is 0 Å². The van der Waals surface area contributed by atoms with E-state index in [-0.39, 0.29) is 0 Å². The smallest absolute Gasteiger partial charge is 0.311 e. The maximum Gasteiger partial charge on any atom is 0.311 e. The lowest BCUT2D eigenvalue weighted by molar-refractivity contribution is -0.148. The van der Waals surface area contributed by atoms with Gasteiger partial charge in [-0.15, -0.1) is 0 Å². The monoisotopic (exact) mass is 174 g/mol. The van der Waals surface area contributed by atoms with Gasteiger partial charge in [-0.2, -0.15) is 0 Å². The summed E-state index contributed by atoms with van der Waals surface area (Å²) < 4.78 is 4.80. The molecule has 0 saturated carbocycles. The Morgan fingerprint density at radius 1 is 1.67 bits per heavy atom. The van der Waals surface area contributed by atoms with Crippen LogP contribution in [-0.4, -0.2) is 34.5 Å². The predicted molar refractivity (Wildman–Crippen MR) is 41.3 cm³/mol. The Bertz CT molecular complexity index is 180. The fraction of sp³-hybridized carbons (Fsp3) is 0.875. The predicted octanol–water partition coefficient (Wildman–Crippen LogP) is -0.320. The largest absolute Gasteiger partial charge is 0.457 e. The molecule has 70 valence electrons. The third kappa shape index (κ3) is 1.44. The molecule has 4 unspecified atom stereocenters. The topological polar surface area (TPSA) is 66.8 Å². The lowest BCUT2D eigenvalue weighted by Crippen LogP contribution is -2.35. The molecule has 0 aromatic heterocycles. The van der Waals surface area contributed by atoms with Crippen molar-refractivity contribution < 1.29 is 19.7 Å². The van der Waals surface area contributed by atoms with E-state index in [0.717, 1.165) is 0 Å². The Labute approximate surface area is 71.2 Å². The first-order valence-electron chi connectivity index (χ1n) is 4.14. The molecule has 4 heteroatoms. The number of carbonyl (C=O) groups excluding carboxylic acids is 1. The summed E-state index contributed by atoms with van der Waals surface area (Å²) in [4.78, 5) is 10.9. The van der Waals surface area contributed by atoms with Crippen molar-refractivity contribution in [2.45, 2.75) is 38.6 Å². The molecule has 4 atom stereocenters. The van der Waals surface area contributed by atoms with Crippen molar-refractivity contribution in [1.82, 2.24) is 0 Å². The highest BCUT2D eigenvalue weighted by Crippen LogP contribution is 2.24. The molecule has 0 amide bonds. The Hall–Kier alpha value is -0.610. The lowest BCUT2D eigenvalue weighted by Gasteiger charge is -2.18.